The van der Waals surface area contributed by atoms with E-state index in [1.54, 1.807) is 24.3 Å². The Morgan fingerprint density at radius 2 is 1.72 bits per heavy atom. The van der Waals surface area contributed by atoms with Crippen LogP contribution in [0.25, 0.3) is 0 Å². The number of nitrogens with one attached hydrogen (secondary N) is 2. The summed E-state index contributed by atoms with van der Waals surface area (Å²) in [7, 11) is -3.78. The summed E-state index contributed by atoms with van der Waals surface area (Å²) in [6.45, 7) is -0.0853. The van der Waals surface area contributed by atoms with Gasteiger partial charge in [-0.25, -0.2) is 17.5 Å². The summed E-state index contributed by atoms with van der Waals surface area (Å²) >= 11 is 0. The van der Waals surface area contributed by atoms with Crippen molar-refractivity contribution >= 4 is 21.6 Å². The smallest absolute Gasteiger partial charge is 0.240 e. The standard InChI is InChI=1S/C17H16FN3O3S/c18-14-3-7-16(8-4-14)25(23,24)20-12-10-17(22)21-15-5-1-13(2-6-15)9-11-19/h1-8,20H,9-10,12H2,(H,21,22). The summed E-state index contributed by atoms with van der Waals surface area (Å²) < 4.78 is 39.1. The zero-order valence-corrected chi connectivity index (χ0v) is 14.0. The number of carbonyl (C=O) groups is 1. The van der Waals surface area contributed by atoms with E-state index in [0.29, 0.717) is 12.1 Å². The minimum atomic E-state index is -3.78. The third kappa shape index (κ3) is 5.67. The molecule has 2 aromatic rings. The van der Waals surface area contributed by atoms with Crippen LogP contribution in [-0.2, 0) is 21.2 Å². The zero-order valence-electron chi connectivity index (χ0n) is 13.2. The molecule has 0 radical (unpaired) electrons. The molecule has 0 unspecified atom stereocenters. The minimum Gasteiger partial charge on any atom is -0.326 e. The fourth-order valence-corrected chi connectivity index (χ4v) is 3.05. The van der Waals surface area contributed by atoms with E-state index < -0.39 is 15.8 Å². The van der Waals surface area contributed by atoms with Gasteiger partial charge in [-0.2, -0.15) is 5.26 Å². The molecule has 0 fully saturated rings. The van der Waals surface area contributed by atoms with Crippen LogP contribution in [0.15, 0.2) is 53.4 Å². The van der Waals surface area contributed by atoms with Crippen LogP contribution in [-0.4, -0.2) is 20.9 Å². The first-order valence-corrected chi connectivity index (χ1v) is 8.90. The van der Waals surface area contributed by atoms with Crippen molar-refractivity contribution < 1.29 is 17.6 Å². The topological polar surface area (TPSA) is 99.1 Å². The highest BCUT2D eigenvalue weighted by molar-refractivity contribution is 7.89. The van der Waals surface area contributed by atoms with Crippen molar-refractivity contribution in [2.24, 2.45) is 0 Å². The molecule has 0 saturated carbocycles. The molecule has 0 aliphatic rings. The number of rotatable bonds is 7. The van der Waals surface area contributed by atoms with E-state index in [9.17, 15) is 17.6 Å². The highest BCUT2D eigenvalue weighted by Gasteiger charge is 2.14. The Morgan fingerprint density at radius 3 is 2.32 bits per heavy atom. The summed E-state index contributed by atoms with van der Waals surface area (Å²) in [6, 6.07) is 13.3. The quantitative estimate of drug-likeness (QED) is 0.790. The van der Waals surface area contributed by atoms with Crippen LogP contribution in [0.2, 0.25) is 0 Å². The molecule has 0 heterocycles. The maximum atomic E-state index is 12.8. The molecular weight excluding hydrogens is 345 g/mol. The fraction of sp³-hybridized carbons (Fsp3) is 0.176. The number of nitrogens with zero attached hydrogens (tertiary/aromatic N) is 1. The van der Waals surface area contributed by atoms with E-state index in [0.717, 1.165) is 29.8 Å². The van der Waals surface area contributed by atoms with E-state index in [4.69, 9.17) is 5.26 Å². The van der Waals surface area contributed by atoms with Gasteiger partial charge in [0.15, 0.2) is 0 Å². The second kappa shape index (κ2) is 8.37. The largest absolute Gasteiger partial charge is 0.326 e. The molecule has 1 amide bonds. The number of anilines is 1. The number of nitriles is 1. The first-order chi connectivity index (χ1) is 11.9. The molecule has 0 aliphatic carbocycles. The van der Waals surface area contributed by atoms with Crippen LogP contribution in [0.3, 0.4) is 0 Å². The number of benzene rings is 2. The van der Waals surface area contributed by atoms with Crippen LogP contribution in [0.1, 0.15) is 12.0 Å². The predicted octanol–water partition coefficient (Wildman–Crippen LogP) is 2.20. The number of sulfonamides is 1. The third-order valence-corrected chi connectivity index (χ3v) is 4.77. The fourth-order valence-electron chi connectivity index (χ4n) is 2.02. The van der Waals surface area contributed by atoms with E-state index in [1.165, 1.54) is 0 Å². The average molecular weight is 361 g/mol. The number of hydrogen-bond acceptors (Lipinski definition) is 4. The molecule has 8 heteroatoms. The Morgan fingerprint density at radius 1 is 1.08 bits per heavy atom. The zero-order chi connectivity index (χ0) is 18.3. The second-order valence-electron chi connectivity index (χ2n) is 5.18. The van der Waals surface area contributed by atoms with Crippen molar-refractivity contribution in [1.82, 2.24) is 4.72 Å². The number of hydrogen-bond donors (Lipinski definition) is 2. The Labute approximate surface area is 145 Å². The van der Waals surface area contributed by atoms with Crippen molar-refractivity contribution in [3.63, 3.8) is 0 Å². The lowest BCUT2D eigenvalue weighted by atomic mass is 10.1. The van der Waals surface area contributed by atoms with E-state index in [2.05, 4.69) is 10.0 Å². The molecule has 0 aliphatic heterocycles. The van der Waals surface area contributed by atoms with Crippen LogP contribution in [0.4, 0.5) is 10.1 Å². The molecular formula is C17H16FN3O3S. The van der Waals surface area contributed by atoms with Crippen molar-refractivity contribution in [3.05, 3.63) is 59.9 Å². The second-order valence-corrected chi connectivity index (χ2v) is 6.95. The number of halogens is 1. The van der Waals surface area contributed by atoms with Crippen molar-refractivity contribution in [3.8, 4) is 6.07 Å². The predicted molar refractivity (Wildman–Crippen MR) is 90.6 cm³/mol. The van der Waals surface area contributed by atoms with Crippen LogP contribution < -0.4 is 10.0 Å². The normalized spacial score (nSPS) is 10.9. The van der Waals surface area contributed by atoms with Gasteiger partial charge in [-0.15, -0.1) is 0 Å². The molecule has 0 atom stereocenters. The van der Waals surface area contributed by atoms with E-state index >= 15 is 0 Å². The summed E-state index contributed by atoms with van der Waals surface area (Å²) in [4.78, 5) is 11.8. The molecule has 0 spiro atoms. The lowest BCUT2D eigenvalue weighted by molar-refractivity contribution is -0.116. The molecule has 0 bridgehead atoms. The van der Waals surface area contributed by atoms with Gasteiger partial charge in [-0.1, -0.05) is 12.1 Å². The molecule has 25 heavy (non-hydrogen) atoms. The maximum Gasteiger partial charge on any atom is 0.240 e. The van der Waals surface area contributed by atoms with Gasteiger partial charge in [0.05, 0.1) is 17.4 Å². The van der Waals surface area contributed by atoms with E-state index in [-0.39, 0.29) is 23.8 Å². The first-order valence-electron chi connectivity index (χ1n) is 7.42. The Hall–Kier alpha value is -2.76. The summed E-state index contributed by atoms with van der Waals surface area (Å²) in [5.41, 5.74) is 1.40. The van der Waals surface area contributed by atoms with Gasteiger partial charge < -0.3 is 5.32 Å². The third-order valence-electron chi connectivity index (χ3n) is 3.29. The molecule has 2 N–H and O–H groups in total. The highest BCUT2D eigenvalue weighted by Crippen LogP contribution is 2.11. The van der Waals surface area contributed by atoms with Gasteiger partial charge in [0, 0.05) is 18.7 Å². The van der Waals surface area contributed by atoms with Gasteiger partial charge in [0.1, 0.15) is 5.82 Å². The van der Waals surface area contributed by atoms with Crippen molar-refractivity contribution in [1.29, 1.82) is 5.26 Å². The van der Waals surface area contributed by atoms with Crippen molar-refractivity contribution in [2.75, 3.05) is 11.9 Å². The van der Waals surface area contributed by atoms with Crippen LogP contribution >= 0.6 is 0 Å². The van der Waals surface area contributed by atoms with Gasteiger partial charge in [-0.05, 0) is 42.0 Å². The van der Waals surface area contributed by atoms with Crippen LogP contribution in [0, 0.1) is 17.1 Å². The molecule has 130 valence electrons. The Bertz CT molecular complexity index is 873. The van der Waals surface area contributed by atoms with E-state index in [1.807, 2.05) is 6.07 Å². The number of carbonyl (C=O) groups excluding carboxylic acids is 1. The monoisotopic (exact) mass is 361 g/mol. The lowest BCUT2D eigenvalue weighted by Gasteiger charge is -2.08. The molecule has 2 rings (SSSR count). The summed E-state index contributed by atoms with van der Waals surface area (Å²) in [5.74, 6) is -0.881. The van der Waals surface area contributed by atoms with Crippen molar-refractivity contribution in [2.45, 2.75) is 17.7 Å². The molecule has 0 saturated heterocycles. The molecule has 6 nitrogen and oxygen atoms in total. The van der Waals surface area contributed by atoms with Gasteiger partial charge in [0.2, 0.25) is 15.9 Å². The van der Waals surface area contributed by atoms with Crippen LogP contribution in [0.5, 0.6) is 0 Å². The maximum absolute atomic E-state index is 12.8. The SMILES string of the molecule is N#CCc1ccc(NC(=O)CCNS(=O)(=O)c2ccc(F)cc2)cc1. The number of amides is 1. The molecule has 2 aromatic carbocycles. The summed E-state index contributed by atoms with van der Waals surface area (Å²) in [6.07, 6.45) is 0.236. The minimum absolute atomic E-state index is 0.0552. The first kappa shape index (κ1) is 18.6. The summed E-state index contributed by atoms with van der Waals surface area (Å²) in [5, 5.41) is 11.2. The Kier molecular flexibility index (Phi) is 6.22. The van der Waals surface area contributed by atoms with Gasteiger partial charge in [0.25, 0.3) is 0 Å². The van der Waals surface area contributed by atoms with Gasteiger partial charge >= 0.3 is 0 Å². The van der Waals surface area contributed by atoms with Gasteiger partial charge in [-0.3, -0.25) is 4.79 Å². The average Bonchev–Trinajstić information content (AvgIpc) is 2.57. The highest BCUT2D eigenvalue weighted by atomic mass is 32.2. The lowest BCUT2D eigenvalue weighted by Crippen LogP contribution is -2.27. The Balaban J connectivity index is 1.83. The molecule has 0 aromatic heterocycles.